The lowest BCUT2D eigenvalue weighted by molar-refractivity contribution is 0.0570. The van der Waals surface area contributed by atoms with Crippen LogP contribution in [0.25, 0.3) is 0 Å². The first-order valence-corrected chi connectivity index (χ1v) is 10.8. The Kier molecular flexibility index (Phi) is 10.6. The predicted molar refractivity (Wildman–Crippen MR) is 103 cm³/mol. The predicted octanol–water partition coefficient (Wildman–Crippen LogP) is 5.15. The van der Waals surface area contributed by atoms with E-state index in [0.29, 0.717) is 31.9 Å². The lowest BCUT2D eigenvalue weighted by Gasteiger charge is -2.27. The van der Waals surface area contributed by atoms with Crippen molar-refractivity contribution in [1.29, 1.82) is 0 Å². The summed E-state index contributed by atoms with van der Waals surface area (Å²) in [6.07, 6.45) is 7.58. The highest BCUT2D eigenvalue weighted by Gasteiger charge is 2.26. The molecule has 2 rings (SSSR count). The number of allylic oxidation sites excluding steroid dienone is 3. The van der Waals surface area contributed by atoms with Gasteiger partial charge in [0, 0.05) is 5.92 Å². The molecular weight excluding hydrogens is 381 g/mol. The van der Waals surface area contributed by atoms with Gasteiger partial charge in [0.15, 0.2) is 0 Å². The Labute approximate surface area is 153 Å². The van der Waals surface area contributed by atoms with Crippen molar-refractivity contribution < 1.29 is 27.1 Å². The molecule has 1 saturated heterocycles. The SMILES string of the molecule is C/C=C\C=C\OP1OCC(COP(OCP)Oc2ccccc2)CO1. The molecule has 1 aromatic carbocycles. The lowest BCUT2D eigenvalue weighted by Crippen LogP contribution is -2.24. The van der Waals surface area contributed by atoms with Crippen LogP contribution in [0.2, 0.25) is 0 Å². The summed E-state index contributed by atoms with van der Waals surface area (Å²) in [5.74, 6) is 0.826. The van der Waals surface area contributed by atoms with E-state index in [9.17, 15) is 0 Å². The van der Waals surface area contributed by atoms with E-state index < -0.39 is 17.2 Å². The van der Waals surface area contributed by atoms with Gasteiger partial charge in [-0.25, -0.2) is 0 Å². The second kappa shape index (κ2) is 12.7. The van der Waals surface area contributed by atoms with Gasteiger partial charge < -0.3 is 22.6 Å². The second-order valence-corrected chi connectivity index (χ2v) is 7.51. The van der Waals surface area contributed by atoms with Crippen molar-refractivity contribution in [3.8, 4) is 5.75 Å². The molecule has 2 unspecified atom stereocenters. The largest absolute Gasteiger partial charge is 0.435 e. The molecule has 0 aromatic heterocycles. The van der Waals surface area contributed by atoms with Gasteiger partial charge in [-0.2, -0.15) is 0 Å². The first-order valence-electron chi connectivity index (χ1n) is 7.81. The van der Waals surface area contributed by atoms with Gasteiger partial charge in [-0.05, 0) is 25.1 Å². The van der Waals surface area contributed by atoms with Crippen molar-refractivity contribution in [3.05, 3.63) is 54.8 Å². The number of rotatable bonds is 10. The van der Waals surface area contributed by atoms with Crippen LogP contribution in [0, 0.1) is 5.92 Å². The fraction of sp³-hybridized carbons (Fsp3) is 0.375. The first-order chi connectivity index (χ1) is 12.3. The molecule has 1 aliphatic heterocycles. The molecule has 0 saturated carbocycles. The highest BCUT2D eigenvalue weighted by molar-refractivity contribution is 7.42. The summed E-state index contributed by atoms with van der Waals surface area (Å²) < 4.78 is 33.5. The Morgan fingerprint density at radius 2 is 1.96 bits per heavy atom. The van der Waals surface area contributed by atoms with Gasteiger partial charge in [-0.1, -0.05) is 30.4 Å². The number of para-hydroxylation sites is 1. The molecule has 9 heteroatoms. The maximum absolute atomic E-state index is 5.76. The molecule has 0 bridgehead atoms. The average molecular weight is 404 g/mol. The van der Waals surface area contributed by atoms with Crippen molar-refractivity contribution in [2.75, 3.05) is 26.2 Å². The fourth-order valence-electron chi connectivity index (χ4n) is 1.70. The molecule has 2 atom stereocenters. The van der Waals surface area contributed by atoms with Crippen LogP contribution in [0.15, 0.2) is 54.8 Å². The van der Waals surface area contributed by atoms with Crippen molar-refractivity contribution >= 4 is 26.4 Å². The zero-order valence-corrected chi connectivity index (χ0v) is 17.0. The summed E-state index contributed by atoms with van der Waals surface area (Å²) >= 11 is 0. The Balaban J connectivity index is 1.69. The first kappa shape index (κ1) is 20.7. The number of benzene rings is 1. The third-order valence-corrected chi connectivity index (χ3v) is 5.42. The maximum Gasteiger partial charge on any atom is 0.397 e. The molecule has 0 amide bonds. The van der Waals surface area contributed by atoms with E-state index in [2.05, 4.69) is 9.24 Å². The summed E-state index contributed by atoms with van der Waals surface area (Å²) in [6, 6.07) is 9.46. The van der Waals surface area contributed by atoms with Crippen molar-refractivity contribution in [2.45, 2.75) is 6.92 Å². The van der Waals surface area contributed by atoms with E-state index in [1.807, 2.05) is 49.4 Å². The summed E-state index contributed by atoms with van der Waals surface area (Å²) in [5.41, 5.74) is 0. The molecule has 25 heavy (non-hydrogen) atoms. The minimum atomic E-state index is -1.46. The average Bonchev–Trinajstić information content (AvgIpc) is 2.65. The number of hydrogen-bond donors (Lipinski definition) is 0. The molecule has 0 spiro atoms. The van der Waals surface area contributed by atoms with Crippen LogP contribution < -0.4 is 4.52 Å². The minimum Gasteiger partial charge on any atom is -0.435 e. The molecule has 138 valence electrons. The van der Waals surface area contributed by atoms with E-state index in [0.717, 1.165) is 0 Å². The summed E-state index contributed by atoms with van der Waals surface area (Å²) in [5, 5.41) is 0. The molecular formula is C16H23O6P3. The maximum atomic E-state index is 5.76. The molecule has 0 aliphatic carbocycles. The monoisotopic (exact) mass is 404 g/mol. The molecule has 0 N–H and O–H groups in total. The van der Waals surface area contributed by atoms with Crippen LogP contribution >= 0.6 is 26.4 Å². The van der Waals surface area contributed by atoms with Gasteiger partial charge in [0.25, 0.3) is 0 Å². The van der Waals surface area contributed by atoms with Crippen molar-refractivity contribution in [3.63, 3.8) is 0 Å². The molecule has 0 radical (unpaired) electrons. The normalized spacial score (nSPS) is 22.3. The third-order valence-electron chi connectivity index (χ3n) is 2.88. The van der Waals surface area contributed by atoms with Gasteiger partial charge >= 0.3 is 17.2 Å². The zero-order valence-electron chi connectivity index (χ0n) is 14.0. The Morgan fingerprint density at radius 3 is 2.64 bits per heavy atom. The van der Waals surface area contributed by atoms with E-state index in [1.165, 1.54) is 0 Å². The highest BCUT2D eigenvalue weighted by Crippen LogP contribution is 2.45. The quantitative estimate of drug-likeness (QED) is 0.305. The van der Waals surface area contributed by atoms with Gasteiger partial charge in [0.2, 0.25) is 0 Å². The topological polar surface area (TPSA) is 55.4 Å². The highest BCUT2D eigenvalue weighted by atomic mass is 31.2. The number of hydrogen-bond acceptors (Lipinski definition) is 6. The fourth-order valence-corrected chi connectivity index (χ4v) is 4.02. The standard InChI is InChI=1S/C16H23O6P3/c1-2-3-7-10-17-24-18-11-15(12-19-24)13-20-25(21-14-23)22-16-8-5-4-6-9-16/h2-10,15H,11-14,23H2,1H3/b3-2-,10-7+. The lowest BCUT2D eigenvalue weighted by atomic mass is 10.2. The molecule has 6 nitrogen and oxygen atoms in total. The van der Waals surface area contributed by atoms with Gasteiger partial charge in [-0.3, -0.25) is 4.52 Å². The Bertz CT molecular complexity index is 520. The van der Waals surface area contributed by atoms with Crippen LogP contribution in [-0.4, -0.2) is 26.2 Å². The molecule has 1 aliphatic rings. The van der Waals surface area contributed by atoms with Crippen LogP contribution in [-0.2, 0) is 22.6 Å². The van der Waals surface area contributed by atoms with Crippen molar-refractivity contribution in [1.82, 2.24) is 0 Å². The van der Waals surface area contributed by atoms with Gasteiger partial charge in [-0.15, -0.1) is 9.24 Å². The molecule has 1 fully saturated rings. The van der Waals surface area contributed by atoms with Crippen LogP contribution in [0.3, 0.4) is 0 Å². The van der Waals surface area contributed by atoms with Gasteiger partial charge in [0.05, 0.1) is 32.4 Å². The van der Waals surface area contributed by atoms with Gasteiger partial charge in [0.1, 0.15) is 5.75 Å². The van der Waals surface area contributed by atoms with Crippen LogP contribution in [0.5, 0.6) is 5.75 Å². The van der Waals surface area contributed by atoms with E-state index in [-0.39, 0.29) is 5.92 Å². The second-order valence-electron chi connectivity index (χ2n) is 4.86. The molecule has 1 heterocycles. The van der Waals surface area contributed by atoms with Crippen LogP contribution in [0.4, 0.5) is 0 Å². The van der Waals surface area contributed by atoms with Crippen LogP contribution in [0.1, 0.15) is 6.92 Å². The smallest absolute Gasteiger partial charge is 0.397 e. The third kappa shape index (κ3) is 8.57. The Morgan fingerprint density at radius 1 is 1.20 bits per heavy atom. The Hall–Kier alpha value is -0.570. The zero-order chi connectivity index (χ0) is 17.7. The van der Waals surface area contributed by atoms with E-state index >= 15 is 0 Å². The summed E-state index contributed by atoms with van der Waals surface area (Å²) in [6.45, 7) is 3.39. The minimum absolute atomic E-state index is 0.111. The molecule has 1 aromatic rings. The van der Waals surface area contributed by atoms with E-state index in [4.69, 9.17) is 27.1 Å². The summed E-state index contributed by atoms with van der Waals surface area (Å²) in [4.78, 5) is 0. The van der Waals surface area contributed by atoms with E-state index in [1.54, 1.807) is 12.3 Å². The summed E-state index contributed by atoms with van der Waals surface area (Å²) in [7, 11) is -0.291. The van der Waals surface area contributed by atoms with Crippen molar-refractivity contribution in [2.24, 2.45) is 5.92 Å².